The number of hydrogen-bond donors (Lipinski definition) is 0. The molecule has 0 radical (unpaired) electrons. The Kier molecular flexibility index (Phi) is 4.75. The van der Waals surface area contributed by atoms with Crippen molar-refractivity contribution in [3.8, 4) is 0 Å². The molecule has 1 aliphatic rings. The van der Waals surface area contributed by atoms with E-state index in [1.165, 1.54) is 0 Å². The lowest BCUT2D eigenvalue weighted by Crippen LogP contribution is -2.47. The van der Waals surface area contributed by atoms with Crippen molar-refractivity contribution in [1.29, 1.82) is 0 Å². The van der Waals surface area contributed by atoms with E-state index in [0.717, 1.165) is 15.5 Å². The third-order valence-electron chi connectivity index (χ3n) is 3.59. The monoisotopic (exact) mass is 314 g/mol. The lowest BCUT2D eigenvalue weighted by molar-refractivity contribution is 0.00359. The van der Waals surface area contributed by atoms with Gasteiger partial charge in [0.25, 0.3) is 5.91 Å². The van der Waals surface area contributed by atoms with Gasteiger partial charge in [0.2, 0.25) is 0 Å². The number of pyridine rings is 1. The highest BCUT2D eigenvalue weighted by molar-refractivity contribution is 7.99. The zero-order valence-electron chi connectivity index (χ0n) is 12.4. The van der Waals surface area contributed by atoms with Crippen molar-refractivity contribution in [3.05, 3.63) is 54.2 Å². The lowest BCUT2D eigenvalue weighted by atomic mass is 10.1. The minimum Gasteiger partial charge on any atom is -0.377 e. The van der Waals surface area contributed by atoms with E-state index in [9.17, 15) is 4.79 Å². The zero-order chi connectivity index (χ0) is 15.4. The Morgan fingerprint density at radius 3 is 2.77 bits per heavy atom. The number of hydrogen-bond acceptors (Lipinski definition) is 4. The number of benzene rings is 1. The van der Waals surface area contributed by atoms with Gasteiger partial charge in [-0.05, 0) is 43.3 Å². The number of amides is 1. The van der Waals surface area contributed by atoms with Crippen LogP contribution in [0.25, 0.3) is 0 Å². The molecule has 1 aliphatic heterocycles. The van der Waals surface area contributed by atoms with Gasteiger partial charge in [0.05, 0.1) is 19.3 Å². The van der Waals surface area contributed by atoms with Crippen molar-refractivity contribution in [2.24, 2.45) is 0 Å². The second-order valence-corrected chi connectivity index (χ2v) is 6.31. The molecule has 22 heavy (non-hydrogen) atoms. The van der Waals surface area contributed by atoms with Gasteiger partial charge in [-0.2, -0.15) is 0 Å². The summed E-state index contributed by atoms with van der Waals surface area (Å²) in [6.45, 7) is 3.90. The number of nitrogens with zero attached hydrogens (tertiary/aromatic N) is 2. The number of carbonyl (C=O) groups excluding carboxylic acids is 1. The molecule has 1 fully saturated rings. The van der Waals surface area contributed by atoms with E-state index in [1.807, 2.05) is 54.3 Å². The largest absolute Gasteiger partial charge is 0.377 e. The van der Waals surface area contributed by atoms with Crippen molar-refractivity contribution >= 4 is 17.7 Å². The summed E-state index contributed by atoms with van der Waals surface area (Å²) < 4.78 is 5.38. The van der Waals surface area contributed by atoms with Crippen molar-refractivity contribution in [2.75, 3.05) is 19.8 Å². The van der Waals surface area contributed by atoms with E-state index in [4.69, 9.17) is 4.74 Å². The summed E-state index contributed by atoms with van der Waals surface area (Å²) in [7, 11) is 0. The summed E-state index contributed by atoms with van der Waals surface area (Å²) in [6, 6.07) is 13.7. The Hall–Kier alpha value is -1.85. The predicted molar refractivity (Wildman–Crippen MR) is 86.1 cm³/mol. The molecule has 4 nitrogen and oxygen atoms in total. The van der Waals surface area contributed by atoms with Gasteiger partial charge in [-0.15, -0.1) is 0 Å². The average molecular weight is 314 g/mol. The molecule has 0 aliphatic carbocycles. The van der Waals surface area contributed by atoms with Crippen LogP contribution in [-0.2, 0) is 4.74 Å². The fraction of sp³-hybridized carbons (Fsp3) is 0.294. The van der Waals surface area contributed by atoms with E-state index in [0.29, 0.717) is 19.8 Å². The third-order valence-corrected chi connectivity index (χ3v) is 4.55. The van der Waals surface area contributed by atoms with Crippen molar-refractivity contribution in [1.82, 2.24) is 9.88 Å². The SMILES string of the molecule is C[C@@H]1COCCN1C(=O)c1ccc(Sc2ccccn2)cc1. The molecule has 0 bridgehead atoms. The van der Waals surface area contributed by atoms with Gasteiger partial charge in [-0.25, -0.2) is 4.98 Å². The summed E-state index contributed by atoms with van der Waals surface area (Å²) in [5, 5.41) is 0.948. The number of rotatable bonds is 3. The van der Waals surface area contributed by atoms with Crippen LogP contribution < -0.4 is 0 Å². The third kappa shape index (κ3) is 3.48. The first-order valence-corrected chi connectivity index (χ1v) is 8.13. The minimum atomic E-state index is 0.0742. The van der Waals surface area contributed by atoms with Crippen molar-refractivity contribution < 1.29 is 9.53 Å². The maximum Gasteiger partial charge on any atom is 0.254 e. The van der Waals surface area contributed by atoms with Gasteiger partial charge in [-0.1, -0.05) is 17.8 Å². The summed E-state index contributed by atoms with van der Waals surface area (Å²) in [5.74, 6) is 0.0742. The lowest BCUT2D eigenvalue weighted by Gasteiger charge is -2.33. The van der Waals surface area contributed by atoms with Crippen molar-refractivity contribution in [2.45, 2.75) is 22.9 Å². The molecule has 1 atom stereocenters. The van der Waals surface area contributed by atoms with Crippen LogP contribution in [0.2, 0.25) is 0 Å². The quantitative estimate of drug-likeness (QED) is 0.873. The topological polar surface area (TPSA) is 42.4 Å². The Labute approximate surface area is 134 Å². The Balaban J connectivity index is 1.69. The molecule has 0 saturated carbocycles. The van der Waals surface area contributed by atoms with Crippen LogP contribution >= 0.6 is 11.8 Å². The summed E-state index contributed by atoms with van der Waals surface area (Å²) >= 11 is 1.59. The van der Waals surface area contributed by atoms with E-state index >= 15 is 0 Å². The highest BCUT2D eigenvalue weighted by atomic mass is 32.2. The van der Waals surface area contributed by atoms with Gasteiger partial charge in [0, 0.05) is 23.2 Å². The maximum atomic E-state index is 12.5. The van der Waals surface area contributed by atoms with Gasteiger partial charge in [-0.3, -0.25) is 4.79 Å². The zero-order valence-corrected chi connectivity index (χ0v) is 13.3. The summed E-state index contributed by atoms with van der Waals surface area (Å²) in [6.07, 6.45) is 1.78. The Bertz CT molecular complexity index is 631. The molecule has 0 unspecified atom stereocenters. The maximum absolute atomic E-state index is 12.5. The van der Waals surface area contributed by atoms with E-state index < -0.39 is 0 Å². The molecule has 2 heterocycles. The van der Waals surface area contributed by atoms with E-state index in [1.54, 1.807) is 18.0 Å². The molecule has 0 spiro atoms. The van der Waals surface area contributed by atoms with E-state index in [2.05, 4.69) is 4.98 Å². The Morgan fingerprint density at radius 1 is 1.27 bits per heavy atom. The predicted octanol–water partition coefficient (Wildman–Crippen LogP) is 3.09. The number of morpholine rings is 1. The molecule has 1 saturated heterocycles. The molecule has 2 aromatic rings. The molecule has 5 heteroatoms. The first-order valence-electron chi connectivity index (χ1n) is 7.32. The molecule has 0 N–H and O–H groups in total. The van der Waals surface area contributed by atoms with Gasteiger partial charge in [0.1, 0.15) is 5.03 Å². The molecule has 3 rings (SSSR count). The fourth-order valence-corrected chi connectivity index (χ4v) is 3.16. The highest BCUT2D eigenvalue weighted by Crippen LogP contribution is 2.26. The first-order chi connectivity index (χ1) is 10.7. The second kappa shape index (κ2) is 6.94. The van der Waals surface area contributed by atoms with Gasteiger partial charge >= 0.3 is 0 Å². The van der Waals surface area contributed by atoms with E-state index in [-0.39, 0.29) is 11.9 Å². The number of aromatic nitrogens is 1. The molecule has 1 aromatic carbocycles. The number of carbonyl (C=O) groups is 1. The number of ether oxygens (including phenoxy) is 1. The second-order valence-electron chi connectivity index (χ2n) is 5.22. The van der Waals surface area contributed by atoms with Crippen LogP contribution in [0, 0.1) is 0 Å². The molecular formula is C17H18N2O2S. The van der Waals surface area contributed by atoms with Crippen LogP contribution in [0.1, 0.15) is 17.3 Å². The standard InChI is InChI=1S/C17H18N2O2S/c1-13-12-21-11-10-19(13)17(20)14-5-7-15(8-6-14)22-16-4-2-3-9-18-16/h2-9,13H,10-12H2,1H3/t13-/m1/s1. The smallest absolute Gasteiger partial charge is 0.254 e. The fourth-order valence-electron chi connectivity index (χ4n) is 2.39. The average Bonchev–Trinajstić information content (AvgIpc) is 2.56. The van der Waals surface area contributed by atoms with Crippen LogP contribution in [0.4, 0.5) is 0 Å². The molecular weight excluding hydrogens is 296 g/mol. The molecule has 1 amide bonds. The first kappa shape index (κ1) is 15.1. The minimum absolute atomic E-state index is 0.0742. The Morgan fingerprint density at radius 2 is 2.09 bits per heavy atom. The van der Waals surface area contributed by atoms with Gasteiger partial charge < -0.3 is 9.64 Å². The summed E-state index contributed by atoms with van der Waals surface area (Å²) in [4.78, 5) is 19.8. The molecule has 114 valence electrons. The highest BCUT2D eigenvalue weighted by Gasteiger charge is 2.24. The van der Waals surface area contributed by atoms with Crippen LogP contribution in [0.5, 0.6) is 0 Å². The summed E-state index contributed by atoms with van der Waals surface area (Å²) in [5.41, 5.74) is 0.721. The van der Waals surface area contributed by atoms with Crippen LogP contribution in [0.15, 0.2) is 58.6 Å². The molecule has 1 aromatic heterocycles. The van der Waals surface area contributed by atoms with Crippen LogP contribution in [0.3, 0.4) is 0 Å². The normalized spacial score (nSPS) is 18.2. The van der Waals surface area contributed by atoms with Gasteiger partial charge in [0.15, 0.2) is 0 Å². The van der Waals surface area contributed by atoms with Crippen LogP contribution in [-0.4, -0.2) is 41.6 Å². The van der Waals surface area contributed by atoms with Crippen molar-refractivity contribution in [3.63, 3.8) is 0 Å².